The first-order chi connectivity index (χ1) is 7.28. The van der Waals surface area contributed by atoms with E-state index in [-0.39, 0.29) is 0 Å². The zero-order valence-electron chi connectivity index (χ0n) is 8.23. The Hall–Kier alpha value is -2.17. The number of H-pyrrole nitrogens is 1. The molecule has 0 aliphatic carbocycles. The predicted molar refractivity (Wildman–Crippen MR) is 56.1 cm³/mol. The highest BCUT2D eigenvalue weighted by Crippen LogP contribution is 2.21. The van der Waals surface area contributed by atoms with Crippen LogP contribution in [0.15, 0.2) is 30.5 Å². The summed E-state index contributed by atoms with van der Waals surface area (Å²) < 4.78 is 10.4. The molecule has 5 heteroatoms. The number of benzene rings is 1. The molecule has 0 amide bonds. The monoisotopic (exact) mass is 205 g/mol. The molecule has 2 rings (SSSR count). The van der Waals surface area contributed by atoms with E-state index >= 15 is 0 Å². The maximum absolute atomic E-state index is 5.46. The molecule has 0 bridgehead atoms. The minimum Gasteiger partial charge on any atom is -0.497 e. The maximum Gasteiger partial charge on any atom is 0.300 e. The van der Waals surface area contributed by atoms with E-state index in [4.69, 9.17) is 15.2 Å². The van der Waals surface area contributed by atoms with Gasteiger partial charge in [0, 0.05) is 0 Å². The first kappa shape index (κ1) is 9.39. The number of hydrogen-bond acceptors (Lipinski definition) is 4. The predicted octanol–water partition coefficient (Wildman–Crippen LogP) is 1.79. The summed E-state index contributed by atoms with van der Waals surface area (Å²) in [6.45, 7) is 0. The van der Waals surface area contributed by atoms with Crippen LogP contribution in [-0.2, 0) is 0 Å². The molecule has 5 nitrogen and oxygen atoms in total. The summed E-state index contributed by atoms with van der Waals surface area (Å²) in [4.78, 5) is 6.69. The van der Waals surface area contributed by atoms with E-state index in [1.54, 1.807) is 19.2 Å². The van der Waals surface area contributed by atoms with E-state index in [9.17, 15) is 0 Å². The molecule has 0 unspecified atom stereocenters. The van der Waals surface area contributed by atoms with Crippen LogP contribution in [0.5, 0.6) is 17.5 Å². The normalized spacial score (nSPS) is 9.93. The number of anilines is 1. The minimum absolute atomic E-state index is 0.373. The summed E-state index contributed by atoms with van der Waals surface area (Å²) in [6.07, 6.45) is 1.50. The highest BCUT2D eigenvalue weighted by Gasteiger charge is 2.00. The fourth-order valence-electron chi connectivity index (χ4n) is 1.12. The van der Waals surface area contributed by atoms with Crippen molar-refractivity contribution in [3.8, 4) is 17.5 Å². The number of imidazole rings is 1. The molecule has 15 heavy (non-hydrogen) atoms. The number of nitrogens with two attached hydrogens (primary N) is 1. The molecule has 3 N–H and O–H groups in total. The number of aromatic nitrogens is 2. The van der Waals surface area contributed by atoms with Gasteiger partial charge in [0.15, 0.2) is 0 Å². The Morgan fingerprint density at radius 2 is 1.87 bits per heavy atom. The van der Waals surface area contributed by atoms with Crippen LogP contribution in [0.25, 0.3) is 0 Å². The zero-order valence-corrected chi connectivity index (χ0v) is 8.23. The lowest BCUT2D eigenvalue weighted by molar-refractivity contribution is 0.411. The van der Waals surface area contributed by atoms with Crippen molar-refractivity contribution in [3.05, 3.63) is 30.5 Å². The van der Waals surface area contributed by atoms with Crippen LogP contribution >= 0.6 is 0 Å². The van der Waals surface area contributed by atoms with Crippen molar-refractivity contribution in [1.29, 1.82) is 0 Å². The number of rotatable bonds is 3. The van der Waals surface area contributed by atoms with E-state index in [0.29, 0.717) is 17.6 Å². The van der Waals surface area contributed by atoms with Gasteiger partial charge in [0.05, 0.1) is 13.3 Å². The molecule has 0 aliphatic rings. The van der Waals surface area contributed by atoms with Gasteiger partial charge in [-0.1, -0.05) is 0 Å². The summed E-state index contributed by atoms with van der Waals surface area (Å²) in [5, 5.41) is 0. The molecular formula is C10H11N3O2. The molecule has 0 saturated carbocycles. The largest absolute Gasteiger partial charge is 0.497 e. The van der Waals surface area contributed by atoms with Crippen molar-refractivity contribution < 1.29 is 9.47 Å². The van der Waals surface area contributed by atoms with Gasteiger partial charge in [-0.2, -0.15) is 0 Å². The fraction of sp³-hybridized carbons (Fsp3) is 0.100. The number of nitrogen functional groups attached to an aromatic ring is 1. The zero-order chi connectivity index (χ0) is 10.7. The van der Waals surface area contributed by atoms with Gasteiger partial charge in [0.25, 0.3) is 0 Å². The molecule has 0 saturated heterocycles. The summed E-state index contributed by atoms with van der Waals surface area (Å²) in [6, 6.07) is 7.57. The Kier molecular flexibility index (Phi) is 2.45. The Labute approximate surface area is 86.8 Å². The first-order valence-corrected chi connectivity index (χ1v) is 4.40. The van der Waals surface area contributed by atoms with Crippen LogP contribution in [0.3, 0.4) is 0 Å². The third-order valence-corrected chi connectivity index (χ3v) is 1.85. The Balaban J connectivity index is 2.11. The summed E-state index contributed by atoms with van der Waals surface area (Å²) in [5.74, 6) is 1.92. The van der Waals surface area contributed by atoms with Crippen LogP contribution in [0.4, 0.5) is 5.82 Å². The van der Waals surface area contributed by atoms with E-state index < -0.39 is 0 Å². The van der Waals surface area contributed by atoms with Crippen molar-refractivity contribution in [2.24, 2.45) is 0 Å². The number of methoxy groups -OCH3 is 1. The van der Waals surface area contributed by atoms with Crippen LogP contribution in [0, 0.1) is 0 Å². The van der Waals surface area contributed by atoms with Gasteiger partial charge in [-0.15, -0.1) is 0 Å². The molecule has 1 aromatic heterocycles. The first-order valence-electron chi connectivity index (χ1n) is 4.40. The third kappa shape index (κ3) is 2.19. The highest BCUT2D eigenvalue weighted by atomic mass is 16.5. The van der Waals surface area contributed by atoms with Crippen molar-refractivity contribution in [2.75, 3.05) is 12.8 Å². The van der Waals surface area contributed by atoms with Crippen LogP contribution in [0.1, 0.15) is 0 Å². The smallest absolute Gasteiger partial charge is 0.300 e. The van der Waals surface area contributed by atoms with Gasteiger partial charge in [-0.3, -0.25) is 4.98 Å². The number of nitrogens with one attached hydrogen (secondary N) is 1. The molecule has 0 aliphatic heterocycles. The topological polar surface area (TPSA) is 73.2 Å². The van der Waals surface area contributed by atoms with E-state index in [2.05, 4.69) is 9.97 Å². The van der Waals surface area contributed by atoms with Gasteiger partial charge in [0.2, 0.25) is 0 Å². The van der Waals surface area contributed by atoms with Gasteiger partial charge in [-0.25, -0.2) is 4.98 Å². The van der Waals surface area contributed by atoms with E-state index in [1.165, 1.54) is 6.20 Å². The maximum atomic E-state index is 5.46. The lowest BCUT2D eigenvalue weighted by atomic mass is 10.3. The lowest BCUT2D eigenvalue weighted by Crippen LogP contribution is -1.88. The number of ether oxygens (including phenoxy) is 2. The fourth-order valence-corrected chi connectivity index (χ4v) is 1.12. The van der Waals surface area contributed by atoms with E-state index in [0.717, 1.165) is 5.75 Å². The van der Waals surface area contributed by atoms with Crippen LogP contribution < -0.4 is 15.2 Å². The molecular weight excluding hydrogens is 194 g/mol. The molecule has 0 spiro atoms. The van der Waals surface area contributed by atoms with Gasteiger partial charge < -0.3 is 15.2 Å². The molecule has 0 fully saturated rings. The molecule has 2 aromatic rings. The quantitative estimate of drug-likeness (QED) is 0.801. The second kappa shape index (κ2) is 3.91. The highest BCUT2D eigenvalue weighted by molar-refractivity contribution is 5.34. The second-order valence-corrected chi connectivity index (χ2v) is 2.92. The standard InChI is InChI=1S/C10H11N3O2/c1-14-7-2-4-8(5-3-7)15-10-12-6-9(11)13-10/h2-6H,11H2,1H3,(H,12,13). The average Bonchev–Trinajstić information content (AvgIpc) is 2.65. The van der Waals surface area contributed by atoms with E-state index in [1.807, 2.05) is 12.1 Å². The Morgan fingerprint density at radius 3 is 2.40 bits per heavy atom. The van der Waals surface area contributed by atoms with Gasteiger partial charge in [-0.05, 0) is 24.3 Å². The molecule has 1 aromatic carbocycles. The Morgan fingerprint density at radius 1 is 1.20 bits per heavy atom. The lowest BCUT2D eigenvalue weighted by Gasteiger charge is -2.02. The molecule has 1 heterocycles. The van der Waals surface area contributed by atoms with Gasteiger partial charge in [0.1, 0.15) is 17.3 Å². The SMILES string of the molecule is COc1ccc(Oc2ncc(N)[nH]2)cc1. The molecule has 0 radical (unpaired) electrons. The van der Waals surface area contributed by atoms with Crippen molar-refractivity contribution in [1.82, 2.24) is 9.97 Å². The minimum atomic E-state index is 0.373. The molecule has 78 valence electrons. The summed E-state index contributed by atoms with van der Waals surface area (Å²) in [7, 11) is 1.61. The number of nitrogens with zero attached hydrogens (tertiary/aromatic N) is 1. The van der Waals surface area contributed by atoms with Crippen LogP contribution in [-0.4, -0.2) is 17.1 Å². The Bertz CT molecular complexity index is 436. The number of aromatic amines is 1. The molecule has 0 atom stereocenters. The second-order valence-electron chi connectivity index (χ2n) is 2.92. The average molecular weight is 205 g/mol. The van der Waals surface area contributed by atoms with Crippen molar-refractivity contribution >= 4 is 5.82 Å². The van der Waals surface area contributed by atoms with Crippen LogP contribution in [0.2, 0.25) is 0 Å². The summed E-state index contributed by atoms with van der Waals surface area (Å²) >= 11 is 0. The van der Waals surface area contributed by atoms with Gasteiger partial charge >= 0.3 is 6.01 Å². The summed E-state index contributed by atoms with van der Waals surface area (Å²) in [5.41, 5.74) is 5.46. The number of hydrogen-bond donors (Lipinski definition) is 2. The third-order valence-electron chi connectivity index (χ3n) is 1.85. The van der Waals surface area contributed by atoms with Crippen molar-refractivity contribution in [2.45, 2.75) is 0 Å². The van der Waals surface area contributed by atoms with Crippen molar-refractivity contribution in [3.63, 3.8) is 0 Å².